The predicted molar refractivity (Wildman–Crippen MR) is 68.1 cm³/mol. The largest absolute Gasteiger partial charge is 0.371 e. The van der Waals surface area contributed by atoms with Crippen LogP contribution < -0.4 is 0 Å². The summed E-state index contributed by atoms with van der Waals surface area (Å²) in [6, 6.07) is 4.29. The standard InChI is InChI=1S/C12H13NOS2/c1-8-4-5-11(16-8)9-7-15-12(13-9)10-3-2-6-14-10/h4-5,7,10H,2-3,6H2,1H3/t10-/m1/s1. The molecule has 0 saturated carbocycles. The summed E-state index contributed by atoms with van der Waals surface area (Å²) in [5, 5.41) is 3.28. The summed E-state index contributed by atoms with van der Waals surface area (Å²) in [7, 11) is 0. The Hall–Kier alpha value is -0.710. The molecule has 1 aliphatic rings. The molecule has 4 heteroatoms. The van der Waals surface area contributed by atoms with E-state index in [2.05, 4.69) is 29.4 Å². The van der Waals surface area contributed by atoms with Gasteiger partial charge in [0.2, 0.25) is 0 Å². The van der Waals surface area contributed by atoms with Crippen LogP contribution in [-0.2, 0) is 4.74 Å². The molecule has 3 rings (SSSR count). The lowest BCUT2D eigenvalue weighted by atomic mass is 10.2. The van der Waals surface area contributed by atoms with Gasteiger partial charge in [-0.05, 0) is 31.9 Å². The van der Waals surface area contributed by atoms with E-state index in [1.807, 2.05) is 0 Å². The van der Waals surface area contributed by atoms with Crippen molar-refractivity contribution >= 4 is 22.7 Å². The molecule has 2 aromatic heterocycles. The third-order valence-corrected chi connectivity index (χ3v) is 4.68. The van der Waals surface area contributed by atoms with Crippen molar-refractivity contribution in [3.63, 3.8) is 0 Å². The SMILES string of the molecule is Cc1ccc(-c2csc([C@H]3CCCO3)n2)s1. The zero-order valence-corrected chi connectivity index (χ0v) is 10.7. The second-order valence-corrected chi connectivity index (χ2v) is 6.16. The van der Waals surface area contributed by atoms with Crippen molar-refractivity contribution in [2.75, 3.05) is 6.61 Å². The number of ether oxygens (including phenoxy) is 1. The molecule has 0 unspecified atom stereocenters. The van der Waals surface area contributed by atoms with Crippen molar-refractivity contribution in [1.29, 1.82) is 0 Å². The van der Waals surface area contributed by atoms with Crippen molar-refractivity contribution in [2.24, 2.45) is 0 Å². The van der Waals surface area contributed by atoms with Crippen molar-refractivity contribution in [3.8, 4) is 10.6 Å². The quantitative estimate of drug-likeness (QED) is 0.804. The average Bonchev–Trinajstić information content (AvgIpc) is 2.97. The molecule has 0 aliphatic carbocycles. The minimum Gasteiger partial charge on any atom is -0.371 e. The molecule has 3 heterocycles. The van der Waals surface area contributed by atoms with Crippen LogP contribution in [0.2, 0.25) is 0 Å². The summed E-state index contributed by atoms with van der Waals surface area (Å²) in [6.07, 6.45) is 2.54. The molecule has 1 fully saturated rings. The summed E-state index contributed by atoms with van der Waals surface area (Å²) >= 11 is 3.52. The second-order valence-electron chi connectivity index (χ2n) is 3.98. The lowest BCUT2D eigenvalue weighted by Gasteiger charge is -2.03. The van der Waals surface area contributed by atoms with Crippen molar-refractivity contribution in [2.45, 2.75) is 25.9 Å². The fraction of sp³-hybridized carbons (Fsp3) is 0.417. The van der Waals surface area contributed by atoms with E-state index in [9.17, 15) is 0 Å². The molecule has 0 N–H and O–H groups in total. The van der Waals surface area contributed by atoms with Gasteiger partial charge in [-0.25, -0.2) is 4.98 Å². The van der Waals surface area contributed by atoms with Gasteiger partial charge in [0, 0.05) is 16.9 Å². The van der Waals surface area contributed by atoms with E-state index in [0.717, 1.165) is 30.2 Å². The zero-order chi connectivity index (χ0) is 11.0. The number of hydrogen-bond donors (Lipinski definition) is 0. The number of thiophene rings is 1. The Morgan fingerprint density at radius 2 is 2.38 bits per heavy atom. The van der Waals surface area contributed by atoms with Gasteiger partial charge in [0.15, 0.2) is 0 Å². The predicted octanol–water partition coefficient (Wildman–Crippen LogP) is 4.03. The topological polar surface area (TPSA) is 22.1 Å². The third kappa shape index (κ3) is 1.93. The van der Waals surface area contributed by atoms with Crippen molar-refractivity contribution < 1.29 is 4.74 Å². The number of rotatable bonds is 2. The zero-order valence-electron chi connectivity index (χ0n) is 9.10. The van der Waals surface area contributed by atoms with Gasteiger partial charge in [0.05, 0.1) is 10.6 Å². The maximum Gasteiger partial charge on any atom is 0.122 e. The molecular weight excluding hydrogens is 238 g/mol. The van der Waals surface area contributed by atoms with Crippen LogP contribution in [0.1, 0.15) is 28.8 Å². The van der Waals surface area contributed by atoms with Gasteiger partial charge in [-0.3, -0.25) is 0 Å². The molecule has 0 amide bonds. The molecule has 1 saturated heterocycles. The molecule has 0 spiro atoms. The minimum atomic E-state index is 0.250. The van der Waals surface area contributed by atoms with E-state index in [0.29, 0.717) is 0 Å². The summed E-state index contributed by atoms with van der Waals surface area (Å²) < 4.78 is 5.64. The van der Waals surface area contributed by atoms with Gasteiger partial charge >= 0.3 is 0 Å². The third-order valence-electron chi connectivity index (χ3n) is 2.72. The van der Waals surface area contributed by atoms with Crippen molar-refractivity contribution in [3.05, 3.63) is 27.4 Å². The van der Waals surface area contributed by atoms with Crippen molar-refractivity contribution in [1.82, 2.24) is 4.98 Å². The molecule has 2 aromatic rings. The monoisotopic (exact) mass is 251 g/mol. The Bertz CT molecular complexity index is 483. The number of aromatic nitrogens is 1. The van der Waals surface area contributed by atoms with Gasteiger partial charge in [0.1, 0.15) is 11.1 Å². The summed E-state index contributed by atoms with van der Waals surface area (Å²) in [4.78, 5) is 7.28. The number of nitrogens with zero attached hydrogens (tertiary/aromatic N) is 1. The molecule has 84 valence electrons. The summed E-state index contributed by atoms with van der Waals surface area (Å²) in [5.41, 5.74) is 1.11. The molecular formula is C12H13NOS2. The first kappa shape index (κ1) is 10.4. The molecule has 2 nitrogen and oxygen atoms in total. The average molecular weight is 251 g/mol. The summed E-state index contributed by atoms with van der Waals surface area (Å²) in [6.45, 7) is 3.01. The highest BCUT2D eigenvalue weighted by molar-refractivity contribution is 7.16. The van der Waals surface area contributed by atoms with Crippen LogP contribution in [0.25, 0.3) is 10.6 Å². The highest BCUT2D eigenvalue weighted by Gasteiger charge is 2.21. The molecule has 0 radical (unpaired) electrons. The van der Waals surface area contributed by atoms with E-state index < -0.39 is 0 Å². The molecule has 0 aromatic carbocycles. The Balaban J connectivity index is 1.87. The van der Waals surface area contributed by atoms with Crippen LogP contribution in [0.4, 0.5) is 0 Å². The molecule has 1 atom stereocenters. The first-order valence-electron chi connectivity index (χ1n) is 5.47. The second kappa shape index (κ2) is 4.28. The Labute approximate surface area is 103 Å². The van der Waals surface area contributed by atoms with Gasteiger partial charge in [0.25, 0.3) is 0 Å². The maximum absolute atomic E-state index is 5.64. The van der Waals surface area contributed by atoms with E-state index in [1.54, 1.807) is 22.7 Å². The number of hydrogen-bond acceptors (Lipinski definition) is 4. The van der Waals surface area contributed by atoms with Crippen LogP contribution in [0.3, 0.4) is 0 Å². The smallest absolute Gasteiger partial charge is 0.122 e. The van der Waals surface area contributed by atoms with Crippen LogP contribution in [0, 0.1) is 6.92 Å². The molecule has 16 heavy (non-hydrogen) atoms. The lowest BCUT2D eigenvalue weighted by molar-refractivity contribution is 0.112. The first-order chi connectivity index (χ1) is 7.83. The Morgan fingerprint density at radius 3 is 3.06 bits per heavy atom. The molecule has 0 bridgehead atoms. The lowest BCUT2D eigenvalue weighted by Crippen LogP contribution is -1.94. The van der Waals surface area contributed by atoms with Crippen LogP contribution in [0.15, 0.2) is 17.5 Å². The highest BCUT2D eigenvalue weighted by Crippen LogP contribution is 2.34. The molecule has 1 aliphatic heterocycles. The fourth-order valence-corrected chi connectivity index (χ4v) is 3.70. The van der Waals surface area contributed by atoms with E-state index in [-0.39, 0.29) is 6.10 Å². The van der Waals surface area contributed by atoms with E-state index >= 15 is 0 Å². The normalized spacial score (nSPS) is 20.4. The van der Waals surface area contributed by atoms with E-state index in [4.69, 9.17) is 4.74 Å². The fourth-order valence-electron chi connectivity index (χ4n) is 1.89. The van der Waals surface area contributed by atoms with Crippen LogP contribution in [-0.4, -0.2) is 11.6 Å². The van der Waals surface area contributed by atoms with E-state index in [1.165, 1.54) is 9.75 Å². The van der Waals surface area contributed by atoms with Crippen LogP contribution in [0.5, 0.6) is 0 Å². The van der Waals surface area contributed by atoms with Gasteiger partial charge < -0.3 is 4.74 Å². The van der Waals surface area contributed by atoms with Gasteiger partial charge in [-0.2, -0.15) is 0 Å². The van der Waals surface area contributed by atoms with Gasteiger partial charge in [-0.1, -0.05) is 0 Å². The van der Waals surface area contributed by atoms with Crippen LogP contribution >= 0.6 is 22.7 Å². The first-order valence-corrected chi connectivity index (χ1v) is 7.16. The summed E-state index contributed by atoms with van der Waals surface area (Å²) in [5.74, 6) is 0. The number of thiazole rings is 1. The number of aryl methyl sites for hydroxylation is 1. The maximum atomic E-state index is 5.64. The minimum absolute atomic E-state index is 0.250. The Kier molecular flexibility index (Phi) is 2.79. The Morgan fingerprint density at radius 1 is 1.44 bits per heavy atom. The highest BCUT2D eigenvalue weighted by atomic mass is 32.1. The van der Waals surface area contributed by atoms with Gasteiger partial charge in [-0.15, -0.1) is 22.7 Å².